The second-order valence-corrected chi connectivity index (χ2v) is 7.98. The summed E-state index contributed by atoms with van der Waals surface area (Å²) < 4.78 is 50.1. The van der Waals surface area contributed by atoms with E-state index in [1.807, 2.05) is 0 Å². The normalized spacial score (nSPS) is 19.4. The Morgan fingerprint density at radius 2 is 1.75 bits per heavy atom. The Balaban J connectivity index is 2.11. The van der Waals surface area contributed by atoms with Gasteiger partial charge in [0.15, 0.2) is 0 Å². The predicted molar refractivity (Wildman–Crippen MR) is 96.2 cm³/mol. The van der Waals surface area contributed by atoms with Gasteiger partial charge in [0, 0.05) is 0 Å². The van der Waals surface area contributed by atoms with Gasteiger partial charge in [-0.25, -0.2) is 22.4 Å². The number of esters is 1. The van der Waals surface area contributed by atoms with E-state index in [2.05, 4.69) is 0 Å². The summed E-state index contributed by atoms with van der Waals surface area (Å²) in [5.41, 5.74) is 1.06. The molecule has 0 radical (unpaired) electrons. The molecule has 28 heavy (non-hydrogen) atoms. The van der Waals surface area contributed by atoms with Crippen LogP contribution in [0.4, 0.5) is 9.18 Å². The minimum atomic E-state index is -4.34. The molecule has 1 fully saturated rings. The average Bonchev–Trinajstić information content (AvgIpc) is 3.01. The van der Waals surface area contributed by atoms with E-state index in [9.17, 15) is 22.4 Å². The number of nitrogens with zero attached hydrogens (tertiary/aromatic N) is 1. The fourth-order valence-corrected chi connectivity index (χ4v) is 4.38. The summed E-state index contributed by atoms with van der Waals surface area (Å²) in [7, 11) is -4.34. The molecule has 0 spiro atoms. The van der Waals surface area contributed by atoms with Crippen LogP contribution in [0.15, 0.2) is 53.4 Å². The third kappa shape index (κ3) is 3.57. The maximum absolute atomic E-state index is 13.3. The second kappa shape index (κ2) is 7.59. The van der Waals surface area contributed by atoms with Crippen molar-refractivity contribution in [3.05, 3.63) is 65.5 Å². The molecule has 7 nitrogen and oxygen atoms in total. The van der Waals surface area contributed by atoms with Crippen molar-refractivity contribution in [1.82, 2.24) is 4.31 Å². The lowest BCUT2D eigenvalue weighted by Crippen LogP contribution is -2.37. The monoisotopic (exact) mass is 407 g/mol. The van der Waals surface area contributed by atoms with Gasteiger partial charge in [-0.3, -0.25) is 0 Å². The second-order valence-electron chi connectivity index (χ2n) is 6.17. The van der Waals surface area contributed by atoms with Crippen LogP contribution in [0.25, 0.3) is 0 Å². The van der Waals surface area contributed by atoms with Crippen LogP contribution >= 0.6 is 0 Å². The lowest BCUT2D eigenvalue weighted by molar-refractivity contribution is -0.152. The fraction of sp³-hybridized carbons (Fsp3) is 0.263. The molecule has 1 saturated heterocycles. The van der Waals surface area contributed by atoms with Gasteiger partial charge in [-0.05, 0) is 43.7 Å². The molecule has 0 bridgehead atoms. The van der Waals surface area contributed by atoms with Crippen molar-refractivity contribution >= 4 is 22.1 Å². The summed E-state index contributed by atoms with van der Waals surface area (Å²) in [5.74, 6) is -1.43. The summed E-state index contributed by atoms with van der Waals surface area (Å²) in [6, 6.07) is 9.38. The molecule has 2 aromatic rings. The first-order valence-electron chi connectivity index (χ1n) is 8.49. The lowest BCUT2D eigenvalue weighted by Gasteiger charge is -2.24. The van der Waals surface area contributed by atoms with Gasteiger partial charge < -0.3 is 9.47 Å². The Morgan fingerprint density at radius 3 is 2.32 bits per heavy atom. The quantitative estimate of drug-likeness (QED) is 0.708. The van der Waals surface area contributed by atoms with E-state index in [-0.39, 0.29) is 17.1 Å². The highest BCUT2D eigenvalue weighted by molar-refractivity contribution is 7.89. The smallest absolute Gasteiger partial charge is 0.425 e. The molecule has 0 aromatic heterocycles. The van der Waals surface area contributed by atoms with Crippen molar-refractivity contribution < 1.29 is 31.9 Å². The third-order valence-corrected chi connectivity index (χ3v) is 6.02. The number of carbonyl (C=O) groups is 2. The number of sulfonamides is 1. The van der Waals surface area contributed by atoms with Crippen LogP contribution in [0.1, 0.15) is 24.1 Å². The van der Waals surface area contributed by atoms with Crippen LogP contribution in [-0.4, -0.2) is 37.5 Å². The molecule has 1 aliphatic rings. The number of benzene rings is 2. The first-order valence-corrected chi connectivity index (χ1v) is 9.93. The minimum Gasteiger partial charge on any atom is -0.463 e. The van der Waals surface area contributed by atoms with Crippen molar-refractivity contribution in [2.45, 2.75) is 30.9 Å². The van der Waals surface area contributed by atoms with Crippen LogP contribution in [0.2, 0.25) is 0 Å². The van der Waals surface area contributed by atoms with Gasteiger partial charge in [-0.1, -0.05) is 29.8 Å². The van der Waals surface area contributed by atoms with Crippen LogP contribution in [-0.2, 0) is 24.3 Å². The Labute approximate surface area is 161 Å². The van der Waals surface area contributed by atoms with E-state index in [1.165, 1.54) is 24.3 Å². The number of carbonyl (C=O) groups excluding carboxylic acids is 2. The highest BCUT2D eigenvalue weighted by atomic mass is 32.2. The molecule has 0 aliphatic carbocycles. The summed E-state index contributed by atoms with van der Waals surface area (Å²) in [5, 5.41) is 0. The number of hydrogen-bond donors (Lipinski definition) is 0. The minimum absolute atomic E-state index is 0.0216. The van der Waals surface area contributed by atoms with E-state index < -0.39 is 40.0 Å². The number of halogens is 1. The van der Waals surface area contributed by atoms with Crippen LogP contribution in [0, 0.1) is 12.7 Å². The molecule has 1 amide bonds. The highest BCUT2D eigenvalue weighted by Gasteiger charge is 2.53. The molecule has 2 atom stereocenters. The zero-order valence-electron chi connectivity index (χ0n) is 15.2. The van der Waals surface area contributed by atoms with Gasteiger partial charge in [0.25, 0.3) is 10.0 Å². The lowest BCUT2D eigenvalue weighted by atomic mass is 10.0. The van der Waals surface area contributed by atoms with Crippen molar-refractivity contribution in [3.63, 3.8) is 0 Å². The zero-order valence-corrected chi connectivity index (χ0v) is 16.0. The largest absolute Gasteiger partial charge is 0.463 e. The molecule has 0 saturated carbocycles. The van der Waals surface area contributed by atoms with Gasteiger partial charge in [-0.2, -0.15) is 4.31 Å². The van der Waals surface area contributed by atoms with Gasteiger partial charge >= 0.3 is 12.1 Å². The number of ether oxygens (including phenoxy) is 2. The number of cyclic esters (lactones) is 1. The average molecular weight is 407 g/mol. The SMILES string of the molecule is CCOC(=O)[C@@H]1OC(=O)N(S(=O)(=O)c2ccc(C)cc2)[C@@H]1c1ccc(F)cc1. The van der Waals surface area contributed by atoms with Crippen molar-refractivity contribution in [2.24, 2.45) is 0 Å². The maximum atomic E-state index is 13.3. The summed E-state index contributed by atoms with van der Waals surface area (Å²) >= 11 is 0. The van der Waals surface area contributed by atoms with E-state index in [0.29, 0.717) is 4.31 Å². The van der Waals surface area contributed by atoms with E-state index in [0.717, 1.165) is 17.7 Å². The Kier molecular flexibility index (Phi) is 5.37. The molecule has 2 aromatic carbocycles. The molecule has 1 aliphatic heterocycles. The summed E-state index contributed by atoms with van der Waals surface area (Å²) in [6.07, 6.45) is -2.70. The number of rotatable bonds is 5. The van der Waals surface area contributed by atoms with Gasteiger partial charge in [0.1, 0.15) is 11.9 Å². The van der Waals surface area contributed by atoms with Crippen molar-refractivity contribution in [3.8, 4) is 0 Å². The molecule has 3 rings (SSSR count). The number of hydrogen-bond acceptors (Lipinski definition) is 6. The number of aryl methyl sites for hydroxylation is 1. The topological polar surface area (TPSA) is 90.0 Å². The number of amides is 1. The molecule has 148 valence electrons. The highest BCUT2D eigenvalue weighted by Crippen LogP contribution is 2.38. The van der Waals surface area contributed by atoms with Crippen LogP contribution < -0.4 is 0 Å². The van der Waals surface area contributed by atoms with Crippen molar-refractivity contribution in [2.75, 3.05) is 6.61 Å². The van der Waals surface area contributed by atoms with Crippen LogP contribution in [0.3, 0.4) is 0 Å². The van der Waals surface area contributed by atoms with Gasteiger partial charge in [0.2, 0.25) is 6.10 Å². The summed E-state index contributed by atoms with van der Waals surface area (Å²) in [6.45, 7) is 3.38. The fourth-order valence-electron chi connectivity index (χ4n) is 2.90. The van der Waals surface area contributed by atoms with E-state index in [4.69, 9.17) is 9.47 Å². The van der Waals surface area contributed by atoms with Gasteiger partial charge in [0.05, 0.1) is 11.5 Å². The third-order valence-electron chi connectivity index (χ3n) is 4.26. The van der Waals surface area contributed by atoms with Crippen molar-refractivity contribution in [1.29, 1.82) is 0 Å². The molecule has 0 N–H and O–H groups in total. The zero-order chi connectivity index (χ0) is 20.5. The molecular formula is C19H18FNO6S. The summed E-state index contributed by atoms with van der Waals surface area (Å²) in [4.78, 5) is 24.6. The van der Waals surface area contributed by atoms with E-state index in [1.54, 1.807) is 26.0 Å². The molecule has 1 heterocycles. The molecule has 9 heteroatoms. The molecular weight excluding hydrogens is 389 g/mol. The predicted octanol–water partition coefficient (Wildman–Crippen LogP) is 2.95. The standard InChI is InChI=1S/C19H18FNO6S/c1-3-26-18(22)17-16(13-6-8-14(20)9-7-13)21(19(23)27-17)28(24,25)15-10-4-12(2)5-11-15/h4-11,16-17H,3H2,1-2H3/t16-,17-/m1/s1. The van der Waals surface area contributed by atoms with Crippen LogP contribution in [0.5, 0.6) is 0 Å². The van der Waals surface area contributed by atoms with Gasteiger partial charge in [-0.15, -0.1) is 0 Å². The maximum Gasteiger partial charge on any atom is 0.425 e. The Morgan fingerprint density at radius 1 is 1.14 bits per heavy atom. The Hall–Kier alpha value is -2.94. The molecule has 0 unspecified atom stereocenters. The first-order chi connectivity index (χ1) is 13.3. The van der Waals surface area contributed by atoms with E-state index >= 15 is 0 Å². The Bertz CT molecular complexity index is 988. The first kappa shape index (κ1) is 19.8.